The molecule has 246 valence electrons. The Kier molecular flexibility index (Phi) is 9.59. The number of ketones is 1. The van der Waals surface area contributed by atoms with E-state index in [9.17, 15) is 29.5 Å². The van der Waals surface area contributed by atoms with Crippen molar-refractivity contribution in [2.24, 2.45) is 40.4 Å². The molecule has 5 rings (SSSR count). The maximum absolute atomic E-state index is 13.8. The van der Waals surface area contributed by atoms with Crippen LogP contribution in [0.1, 0.15) is 85.5 Å². The number of nitriles is 1. The number of carbonyl (C=O) groups is 4. The van der Waals surface area contributed by atoms with Crippen LogP contribution in [0, 0.1) is 51.8 Å². The Hall–Kier alpha value is -2.59. The van der Waals surface area contributed by atoms with E-state index in [1.807, 2.05) is 0 Å². The fraction of sp³-hybridized carbons (Fsp3) is 0.844. The van der Waals surface area contributed by atoms with Gasteiger partial charge in [0, 0.05) is 31.5 Å². The first-order valence-electron chi connectivity index (χ1n) is 15.7. The number of aliphatic hydroxyl groups is 2. The smallest absolute Gasteiger partial charge is 0.336 e. The van der Waals surface area contributed by atoms with Crippen molar-refractivity contribution in [1.82, 2.24) is 4.90 Å². The molecule has 1 saturated heterocycles. The molecule has 5 N–H and O–H groups in total. The Labute approximate surface area is 258 Å². The third-order valence-electron chi connectivity index (χ3n) is 11.7. The highest BCUT2D eigenvalue weighted by Crippen LogP contribution is 2.66. The van der Waals surface area contributed by atoms with Gasteiger partial charge in [0.05, 0.1) is 43.1 Å². The Balaban J connectivity index is 0.000000289. The third-order valence-corrected chi connectivity index (χ3v) is 11.7. The van der Waals surface area contributed by atoms with Gasteiger partial charge in [0.15, 0.2) is 5.60 Å². The van der Waals surface area contributed by atoms with Gasteiger partial charge in [-0.3, -0.25) is 19.3 Å². The first kappa shape index (κ1) is 34.3. The predicted octanol–water partition coefficient (Wildman–Crippen LogP) is 2.55. The van der Waals surface area contributed by atoms with Gasteiger partial charge in [-0.15, -0.1) is 0 Å². The number of rotatable bonds is 6. The molecule has 12 heteroatoms. The lowest BCUT2D eigenvalue weighted by Crippen LogP contribution is -2.64. The highest BCUT2D eigenvalue weighted by atomic mass is 16.5. The van der Waals surface area contributed by atoms with Crippen LogP contribution < -0.4 is 0 Å². The number of hydrogen-bond acceptors (Lipinski definition) is 9. The van der Waals surface area contributed by atoms with Gasteiger partial charge in [0.1, 0.15) is 5.78 Å². The molecule has 0 amide bonds. The molecule has 0 aromatic rings. The average Bonchev–Trinajstić information content (AvgIpc) is 3.22. The van der Waals surface area contributed by atoms with Gasteiger partial charge in [0.25, 0.3) is 0 Å². The maximum Gasteiger partial charge on any atom is 0.336 e. The molecule has 12 nitrogen and oxygen atoms in total. The summed E-state index contributed by atoms with van der Waals surface area (Å²) in [5, 5.41) is 54.7. The van der Waals surface area contributed by atoms with Crippen molar-refractivity contribution in [3.05, 3.63) is 0 Å². The van der Waals surface area contributed by atoms with Gasteiger partial charge in [-0.2, -0.15) is 5.26 Å². The fourth-order valence-electron chi connectivity index (χ4n) is 9.73. The van der Waals surface area contributed by atoms with Crippen LogP contribution in [0.25, 0.3) is 0 Å². The summed E-state index contributed by atoms with van der Waals surface area (Å²) in [5.41, 5.74) is -3.10. The van der Waals surface area contributed by atoms with Crippen LogP contribution in [0.2, 0.25) is 0 Å². The molecule has 0 unspecified atom stereocenters. The van der Waals surface area contributed by atoms with Gasteiger partial charge in [-0.1, -0.05) is 13.8 Å². The molecule has 1 heterocycles. The molecule has 0 aromatic heterocycles. The van der Waals surface area contributed by atoms with E-state index >= 15 is 0 Å². The Bertz CT molecular complexity index is 1180. The Morgan fingerprint density at radius 2 is 1.66 bits per heavy atom. The molecule has 0 radical (unpaired) electrons. The van der Waals surface area contributed by atoms with Crippen LogP contribution in [0.5, 0.6) is 0 Å². The minimum absolute atomic E-state index is 0.0319. The Morgan fingerprint density at radius 1 is 1.02 bits per heavy atom. The van der Waals surface area contributed by atoms with Crippen molar-refractivity contribution in [2.75, 3.05) is 19.7 Å². The molecule has 0 spiro atoms. The number of hydrogen-bond donors (Lipinski definition) is 5. The fourth-order valence-corrected chi connectivity index (χ4v) is 9.73. The summed E-state index contributed by atoms with van der Waals surface area (Å²) in [6.07, 6.45) is 3.98. The maximum atomic E-state index is 13.8. The zero-order valence-corrected chi connectivity index (χ0v) is 26.2. The number of carbonyl (C=O) groups excluding carboxylic acids is 1. The van der Waals surface area contributed by atoms with Crippen molar-refractivity contribution in [1.29, 1.82) is 5.26 Å². The SMILES string of the molecule is CC1(C)CN([C@H]2C[C@@]3(C)[C@@H](CC[C@H]4[C@@H]5CC[C@H](C#N)[C@@]5(C)CC(=O)[C@@H]43)C[C@@H]2O)CCO1.O=C(O)CC(O)(CC(=O)O)C(=O)O. The zero-order chi connectivity index (χ0) is 32.8. The summed E-state index contributed by atoms with van der Waals surface area (Å²) in [6, 6.07) is 2.66. The molecular formula is C32H48N2O10. The molecule has 0 bridgehead atoms. The van der Waals surface area contributed by atoms with E-state index in [0.717, 1.165) is 51.6 Å². The lowest BCUT2D eigenvalue weighted by Gasteiger charge is -2.61. The first-order chi connectivity index (χ1) is 20.4. The summed E-state index contributed by atoms with van der Waals surface area (Å²) in [7, 11) is 0. The molecule has 9 atom stereocenters. The first-order valence-corrected chi connectivity index (χ1v) is 15.7. The number of ether oxygens (including phenoxy) is 1. The molecule has 5 fully saturated rings. The summed E-state index contributed by atoms with van der Waals surface area (Å²) in [4.78, 5) is 46.7. The number of nitrogens with zero attached hydrogens (tertiary/aromatic N) is 2. The number of aliphatic hydroxyl groups excluding tert-OH is 1. The monoisotopic (exact) mass is 620 g/mol. The van der Waals surface area contributed by atoms with Gasteiger partial charge in [-0.05, 0) is 81.0 Å². The van der Waals surface area contributed by atoms with E-state index < -0.39 is 36.4 Å². The highest BCUT2D eigenvalue weighted by molar-refractivity contribution is 5.88. The van der Waals surface area contributed by atoms with Crippen molar-refractivity contribution < 1.29 is 49.4 Å². The van der Waals surface area contributed by atoms with E-state index in [0.29, 0.717) is 36.6 Å². The number of morpholine rings is 1. The summed E-state index contributed by atoms with van der Waals surface area (Å²) >= 11 is 0. The largest absolute Gasteiger partial charge is 0.481 e. The minimum atomic E-state index is -2.74. The van der Waals surface area contributed by atoms with Crippen molar-refractivity contribution in [3.8, 4) is 6.07 Å². The normalized spacial score (nSPS) is 39.8. The quantitative estimate of drug-likeness (QED) is 0.290. The van der Waals surface area contributed by atoms with E-state index in [2.05, 4.69) is 38.7 Å². The molecule has 1 aliphatic heterocycles. The number of carboxylic acid groups (broad SMARTS) is 3. The van der Waals surface area contributed by atoms with Crippen molar-refractivity contribution in [3.63, 3.8) is 0 Å². The molecule has 44 heavy (non-hydrogen) atoms. The lowest BCUT2D eigenvalue weighted by molar-refractivity contribution is -0.176. The Morgan fingerprint density at radius 3 is 2.20 bits per heavy atom. The van der Waals surface area contributed by atoms with Crippen LogP contribution in [0.4, 0.5) is 0 Å². The summed E-state index contributed by atoms with van der Waals surface area (Å²) in [6.45, 7) is 11.3. The number of aliphatic carboxylic acids is 3. The topological polar surface area (TPSA) is 206 Å². The third kappa shape index (κ3) is 6.39. The molecular weight excluding hydrogens is 572 g/mol. The van der Waals surface area contributed by atoms with Gasteiger partial charge < -0.3 is 30.3 Å². The van der Waals surface area contributed by atoms with Crippen LogP contribution in [0.15, 0.2) is 0 Å². The molecule has 5 aliphatic rings. The van der Waals surface area contributed by atoms with Crippen molar-refractivity contribution >= 4 is 23.7 Å². The van der Waals surface area contributed by atoms with Gasteiger partial charge in [0.2, 0.25) is 0 Å². The van der Waals surface area contributed by atoms with Crippen LogP contribution in [-0.4, -0.2) is 97.2 Å². The molecule has 0 aromatic carbocycles. The average molecular weight is 621 g/mol. The molecule has 4 saturated carbocycles. The van der Waals surface area contributed by atoms with E-state index in [1.54, 1.807) is 0 Å². The lowest BCUT2D eigenvalue weighted by atomic mass is 9.44. The standard InChI is InChI=1S/C26H40N2O3.C6H8O7/c1-24(2)15-28(9-10-31-24)20-12-26(4)16(11-21(20)29)5-7-18-19-8-6-17(14-27)25(19,3)13-22(30)23(18)26;7-3(8)1-6(13,5(11)12)2-4(9)10/h16-21,23,29H,5-13,15H2,1-4H3;13H,1-2H2,(H,7,8)(H,9,10)(H,11,12)/t16-,17+,18-,19-,20-,21-,23+,25+,26-;/m0./s1. The van der Waals surface area contributed by atoms with E-state index in [4.69, 9.17) is 25.2 Å². The van der Waals surface area contributed by atoms with E-state index in [1.165, 1.54) is 0 Å². The van der Waals surface area contributed by atoms with Crippen LogP contribution in [0.3, 0.4) is 0 Å². The number of carboxylic acids is 3. The second-order valence-electron chi connectivity index (χ2n) is 15.1. The molecule has 4 aliphatic carbocycles. The van der Waals surface area contributed by atoms with Gasteiger partial charge in [-0.25, -0.2) is 4.79 Å². The van der Waals surface area contributed by atoms with Crippen LogP contribution in [-0.2, 0) is 23.9 Å². The zero-order valence-electron chi connectivity index (χ0n) is 26.2. The summed E-state index contributed by atoms with van der Waals surface area (Å²) < 4.78 is 5.93. The highest BCUT2D eigenvalue weighted by Gasteiger charge is 2.64. The summed E-state index contributed by atoms with van der Waals surface area (Å²) in [5.74, 6) is -3.12. The van der Waals surface area contributed by atoms with Crippen LogP contribution >= 0.6 is 0 Å². The second-order valence-corrected chi connectivity index (χ2v) is 15.1. The van der Waals surface area contributed by atoms with Gasteiger partial charge >= 0.3 is 17.9 Å². The number of Topliss-reactive ketones (excluding diaryl/α,β-unsaturated/α-hetero) is 1. The number of fused-ring (bicyclic) bond motifs is 5. The second kappa shape index (κ2) is 12.3. The predicted molar refractivity (Wildman–Crippen MR) is 155 cm³/mol. The van der Waals surface area contributed by atoms with Crippen molar-refractivity contribution in [2.45, 2.75) is 109 Å². The minimum Gasteiger partial charge on any atom is -0.481 e. The van der Waals surface area contributed by atoms with E-state index in [-0.39, 0.29) is 40.4 Å².